The minimum Gasteiger partial charge on any atom is -0.392 e. The van der Waals surface area contributed by atoms with E-state index in [9.17, 15) is 5.11 Å². The number of aryl methyl sites for hydroxylation is 2. The van der Waals surface area contributed by atoms with E-state index >= 15 is 0 Å². The molecule has 0 spiro atoms. The van der Waals surface area contributed by atoms with Crippen LogP contribution >= 0.6 is 0 Å². The molecule has 0 heterocycles. The molecule has 1 N–H and O–H groups in total. The van der Waals surface area contributed by atoms with Crippen molar-refractivity contribution in [3.05, 3.63) is 34.9 Å². The molecule has 106 valence electrons. The first-order valence-corrected chi connectivity index (χ1v) is 7.61. The predicted molar refractivity (Wildman–Crippen MR) is 81.4 cm³/mol. The predicted octanol–water partition coefficient (Wildman–Crippen LogP) is 4.42. The van der Waals surface area contributed by atoms with Gasteiger partial charge in [0.05, 0.1) is 6.10 Å². The summed E-state index contributed by atoms with van der Waals surface area (Å²) >= 11 is 0. The zero-order valence-electron chi connectivity index (χ0n) is 12.9. The van der Waals surface area contributed by atoms with Crippen LogP contribution in [-0.4, -0.2) is 11.2 Å². The Labute approximate surface area is 118 Å². The van der Waals surface area contributed by atoms with Gasteiger partial charge in [-0.15, -0.1) is 0 Å². The molecule has 0 aliphatic heterocycles. The van der Waals surface area contributed by atoms with E-state index in [1.165, 1.54) is 42.4 Å². The fourth-order valence-corrected chi connectivity index (χ4v) is 3.15. The topological polar surface area (TPSA) is 20.2 Å². The van der Waals surface area contributed by atoms with Gasteiger partial charge in [-0.1, -0.05) is 32.0 Å². The molecule has 1 heteroatoms. The van der Waals surface area contributed by atoms with Crippen molar-refractivity contribution in [3.63, 3.8) is 0 Å². The molecule has 19 heavy (non-hydrogen) atoms. The van der Waals surface area contributed by atoms with Crippen LogP contribution in [0.1, 0.15) is 56.2 Å². The van der Waals surface area contributed by atoms with E-state index < -0.39 is 0 Å². The normalized spacial score (nSPS) is 21.3. The van der Waals surface area contributed by atoms with Gasteiger partial charge in [0.1, 0.15) is 0 Å². The SMILES string of the molecule is Cc1ccc(CC(O)C2CCC(C)(C)CC2)cc1C. The van der Waals surface area contributed by atoms with E-state index in [1.807, 2.05) is 0 Å². The van der Waals surface area contributed by atoms with Crippen molar-refractivity contribution in [2.45, 2.75) is 65.9 Å². The van der Waals surface area contributed by atoms with E-state index in [2.05, 4.69) is 45.9 Å². The third-order valence-electron chi connectivity index (χ3n) is 4.94. The third kappa shape index (κ3) is 3.82. The van der Waals surface area contributed by atoms with Crippen LogP contribution in [0.3, 0.4) is 0 Å². The largest absolute Gasteiger partial charge is 0.392 e. The van der Waals surface area contributed by atoms with Gasteiger partial charge >= 0.3 is 0 Å². The van der Waals surface area contributed by atoms with E-state index in [4.69, 9.17) is 0 Å². The molecule has 1 saturated carbocycles. The highest BCUT2D eigenvalue weighted by atomic mass is 16.3. The first-order chi connectivity index (χ1) is 8.87. The number of hydrogen-bond donors (Lipinski definition) is 1. The second kappa shape index (κ2) is 5.66. The zero-order chi connectivity index (χ0) is 14.0. The van der Waals surface area contributed by atoms with Crippen molar-refractivity contribution >= 4 is 0 Å². The molecule has 1 aromatic carbocycles. The van der Waals surface area contributed by atoms with Crippen molar-refractivity contribution in [3.8, 4) is 0 Å². The molecule has 1 aliphatic rings. The fourth-order valence-electron chi connectivity index (χ4n) is 3.15. The van der Waals surface area contributed by atoms with Crippen LogP contribution in [0, 0.1) is 25.2 Å². The number of aliphatic hydroxyl groups is 1. The molecule has 0 amide bonds. The Hall–Kier alpha value is -0.820. The second-order valence-electron chi connectivity index (χ2n) is 7.19. The minimum absolute atomic E-state index is 0.168. The molecule has 0 saturated heterocycles. The van der Waals surface area contributed by atoms with Crippen LogP contribution in [0.25, 0.3) is 0 Å². The van der Waals surface area contributed by atoms with Gasteiger partial charge in [-0.3, -0.25) is 0 Å². The van der Waals surface area contributed by atoms with Crippen LogP contribution in [0.15, 0.2) is 18.2 Å². The fraction of sp³-hybridized carbons (Fsp3) is 0.667. The molecule has 1 fully saturated rings. The van der Waals surface area contributed by atoms with E-state index in [1.54, 1.807) is 0 Å². The van der Waals surface area contributed by atoms with E-state index in [0.717, 1.165) is 6.42 Å². The summed E-state index contributed by atoms with van der Waals surface area (Å²) < 4.78 is 0. The highest BCUT2D eigenvalue weighted by Crippen LogP contribution is 2.39. The van der Waals surface area contributed by atoms with Gasteiger partial charge in [0.25, 0.3) is 0 Å². The lowest BCUT2D eigenvalue weighted by molar-refractivity contribution is 0.0576. The highest BCUT2D eigenvalue weighted by Gasteiger charge is 2.30. The van der Waals surface area contributed by atoms with Crippen molar-refractivity contribution in [2.75, 3.05) is 0 Å². The second-order valence-corrected chi connectivity index (χ2v) is 7.19. The van der Waals surface area contributed by atoms with Crippen LogP contribution in [0.2, 0.25) is 0 Å². The van der Waals surface area contributed by atoms with Gasteiger partial charge in [0, 0.05) is 0 Å². The molecule has 0 aromatic heterocycles. The van der Waals surface area contributed by atoms with Crippen molar-refractivity contribution < 1.29 is 5.11 Å². The van der Waals surface area contributed by atoms with Crippen LogP contribution in [-0.2, 0) is 6.42 Å². The zero-order valence-corrected chi connectivity index (χ0v) is 12.9. The molecule has 2 rings (SSSR count). The van der Waals surface area contributed by atoms with Crippen molar-refractivity contribution in [1.29, 1.82) is 0 Å². The summed E-state index contributed by atoms with van der Waals surface area (Å²) in [6.45, 7) is 8.98. The van der Waals surface area contributed by atoms with Crippen LogP contribution in [0.4, 0.5) is 0 Å². The summed E-state index contributed by atoms with van der Waals surface area (Å²) in [4.78, 5) is 0. The maximum atomic E-state index is 10.5. The van der Waals surface area contributed by atoms with Gasteiger partial charge < -0.3 is 5.11 Å². The Morgan fingerprint density at radius 2 is 1.79 bits per heavy atom. The first kappa shape index (κ1) is 14.6. The maximum absolute atomic E-state index is 10.5. The lowest BCUT2D eigenvalue weighted by atomic mass is 9.71. The molecule has 1 atom stereocenters. The molecule has 1 nitrogen and oxygen atoms in total. The molecular weight excluding hydrogens is 232 g/mol. The summed E-state index contributed by atoms with van der Waals surface area (Å²) in [6.07, 6.45) is 5.51. The molecule has 1 unspecified atom stereocenters. The van der Waals surface area contributed by atoms with E-state index in [0.29, 0.717) is 11.3 Å². The standard InChI is InChI=1S/C18H28O/c1-13-5-6-15(11-14(13)2)12-17(19)16-7-9-18(3,4)10-8-16/h5-6,11,16-17,19H,7-10,12H2,1-4H3. The summed E-state index contributed by atoms with van der Waals surface area (Å²) in [7, 11) is 0. The monoisotopic (exact) mass is 260 g/mol. The van der Waals surface area contributed by atoms with Crippen LogP contribution in [0.5, 0.6) is 0 Å². The number of rotatable bonds is 3. The number of benzene rings is 1. The maximum Gasteiger partial charge on any atom is 0.0608 e. The molecule has 1 aromatic rings. The Balaban J connectivity index is 1.94. The Bertz CT molecular complexity index is 423. The average molecular weight is 260 g/mol. The van der Waals surface area contributed by atoms with Gasteiger partial charge in [-0.05, 0) is 74.0 Å². The summed E-state index contributed by atoms with van der Waals surface area (Å²) in [6, 6.07) is 6.56. The summed E-state index contributed by atoms with van der Waals surface area (Å²) in [5.41, 5.74) is 4.42. The highest BCUT2D eigenvalue weighted by molar-refractivity contribution is 5.30. The Morgan fingerprint density at radius 1 is 1.16 bits per heavy atom. The smallest absolute Gasteiger partial charge is 0.0608 e. The van der Waals surface area contributed by atoms with Crippen LogP contribution < -0.4 is 0 Å². The molecular formula is C18H28O. The van der Waals surface area contributed by atoms with Gasteiger partial charge in [-0.25, -0.2) is 0 Å². The lowest BCUT2D eigenvalue weighted by Gasteiger charge is -2.36. The van der Waals surface area contributed by atoms with Gasteiger partial charge in [0.2, 0.25) is 0 Å². The summed E-state index contributed by atoms with van der Waals surface area (Å²) in [5, 5.41) is 10.5. The Kier molecular flexibility index (Phi) is 4.35. The lowest BCUT2D eigenvalue weighted by Crippen LogP contribution is -2.30. The van der Waals surface area contributed by atoms with E-state index in [-0.39, 0.29) is 6.10 Å². The minimum atomic E-state index is -0.168. The number of aliphatic hydroxyl groups excluding tert-OH is 1. The first-order valence-electron chi connectivity index (χ1n) is 7.61. The quantitative estimate of drug-likeness (QED) is 0.852. The average Bonchev–Trinajstić information content (AvgIpc) is 2.33. The Morgan fingerprint density at radius 3 is 2.37 bits per heavy atom. The van der Waals surface area contributed by atoms with Gasteiger partial charge in [0.15, 0.2) is 0 Å². The summed E-state index contributed by atoms with van der Waals surface area (Å²) in [5.74, 6) is 0.495. The van der Waals surface area contributed by atoms with Gasteiger partial charge in [-0.2, -0.15) is 0 Å². The number of hydrogen-bond acceptors (Lipinski definition) is 1. The third-order valence-corrected chi connectivity index (χ3v) is 4.94. The molecule has 0 bridgehead atoms. The van der Waals surface area contributed by atoms with Crippen molar-refractivity contribution in [2.24, 2.45) is 11.3 Å². The molecule has 1 aliphatic carbocycles. The molecule has 0 radical (unpaired) electrons. The van der Waals surface area contributed by atoms with Crippen molar-refractivity contribution in [1.82, 2.24) is 0 Å².